The number of hydrogen-bond donors (Lipinski definition) is 2. The van der Waals surface area contributed by atoms with Crippen LogP contribution >= 0.6 is 0 Å². The lowest BCUT2D eigenvalue weighted by Crippen LogP contribution is -2.48. The molecule has 1 fully saturated rings. The van der Waals surface area contributed by atoms with Crippen LogP contribution in [0.5, 0.6) is 5.75 Å². The summed E-state index contributed by atoms with van der Waals surface area (Å²) in [5.41, 5.74) is 3.64. The fourth-order valence-corrected chi connectivity index (χ4v) is 5.63. The Labute approximate surface area is 236 Å². The minimum atomic E-state index is -4.65. The number of anilines is 1. The Morgan fingerprint density at radius 1 is 0.902 bits per heavy atom. The molecule has 1 aliphatic heterocycles. The van der Waals surface area contributed by atoms with Gasteiger partial charge in [0.05, 0.1) is 12.2 Å². The second-order valence-electron chi connectivity index (χ2n) is 9.74. The van der Waals surface area contributed by atoms with Gasteiger partial charge in [-0.15, -0.1) is 0 Å². The Bertz CT molecular complexity index is 1490. The minimum Gasteiger partial charge on any atom is -0.508 e. The van der Waals surface area contributed by atoms with Crippen molar-refractivity contribution >= 4 is 27.5 Å². The molecule has 3 aromatic rings. The van der Waals surface area contributed by atoms with Crippen LogP contribution < -0.4 is 9.62 Å². The molecule has 3 aromatic carbocycles. The summed E-state index contributed by atoms with van der Waals surface area (Å²) in [6.07, 6.45) is -5.30. The average Bonchev–Trinajstić information content (AvgIpc) is 2.95. The zero-order chi connectivity index (χ0) is 29.6. The fourth-order valence-electron chi connectivity index (χ4n) is 4.63. The van der Waals surface area contributed by atoms with E-state index in [1.807, 2.05) is 35.2 Å². The molecule has 0 saturated carbocycles. The van der Waals surface area contributed by atoms with Crippen molar-refractivity contribution in [2.45, 2.75) is 25.4 Å². The molecule has 218 valence electrons. The van der Waals surface area contributed by atoms with E-state index in [-0.39, 0.29) is 17.2 Å². The van der Waals surface area contributed by atoms with E-state index in [0.29, 0.717) is 39.0 Å². The third-order valence-corrected chi connectivity index (χ3v) is 8.05. The van der Waals surface area contributed by atoms with Crippen molar-refractivity contribution < 1.29 is 36.3 Å². The highest BCUT2D eigenvalue weighted by atomic mass is 32.2. The van der Waals surface area contributed by atoms with Crippen LogP contribution in [-0.2, 0) is 21.2 Å². The fraction of sp³-hybridized carbons (Fsp3) is 0.310. The van der Waals surface area contributed by atoms with E-state index in [1.54, 1.807) is 40.0 Å². The monoisotopic (exact) mass is 589 g/mol. The number of carbonyl (C=O) groups is 2. The van der Waals surface area contributed by atoms with Crippen LogP contribution in [-0.4, -0.2) is 68.3 Å². The molecular formula is C29H30F3N3O5S. The predicted octanol–water partition coefficient (Wildman–Crippen LogP) is 4.35. The van der Waals surface area contributed by atoms with Gasteiger partial charge in [0.2, 0.25) is 15.9 Å². The van der Waals surface area contributed by atoms with E-state index in [1.165, 1.54) is 12.1 Å². The normalized spacial score (nSPS) is 14.1. The van der Waals surface area contributed by atoms with Crippen LogP contribution in [0, 0.1) is 0 Å². The molecular weight excluding hydrogens is 559 g/mol. The molecule has 12 heteroatoms. The molecule has 1 aliphatic rings. The first-order chi connectivity index (χ1) is 19.4. The maximum atomic E-state index is 13.0. The number of nitrogens with one attached hydrogen (secondary N) is 1. The number of nitrogens with zero attached hydrogens (tertiary/aromatic N) is 2. The quantitative estimate of drug-likeness (QED) is 0.385. The number of alkyl halides is 3. The molecule has 0 radical (unpaired) electrons. The number of carbonyl (C=O) groups excluding carboxylic acids is 2. The SMILES string of the molecule is O=C(NS(=O)(=O)CCC(F)(F)F)c1ccc(N2CCN(C(=O)CCc3ccccc3-c3cccc(O)c3)CC2)cc1. The Balaban J connectivity index is 1.28. The molecule has 41 heavy (non-hydrogen) atoms. The number of halogens is 3. The molecule has 2 N–H and O–H groups in total. The van der Waals surface area contributed by atoms with Gasteiger partial charge in [0, 0.05) is 43.9 Å². The molecule has 1 heterocycles. The standard InChI is InChI=1S/C29H30F3N3O5S/c30-29(31,32)14-19-41(39,40)33-28(38)22-8-11-24(12-9-22)34-15-17-35(18-16-34)27(37)13-10-21-4-1-2-7-26(21)23-5-3-6-25(36)20-23/h1-9,11-12,20,36H,10,13-19H2,(H,33,38). The number of rotatable bonds is 9. The Morgan fingerprint density at radius 3 is 2.24 bits per heavy atom. The van der Waals surface area contributed by atoms with Gasteiger partial charge in [0.25, 0.3) is 5.91 Å². The number of sulfonamides is 1. The van der Waals surface area contributed by atoms with E-state index in [2.05, 4.69) is 0 Å². The van der Waals surface area contributed by atoms with Crippen LogP contribution in [0.1, 0.15) is 28.8 Å². The number of amides is 2. The van der Waals surface area contributed by atoms with Crippen molar-refractivity contribution in [2.75, 3.05) is 36.8 Å². The smallest absolute Gasteiger partial charge is 0.390 e. The molecule has 0 bridgehead atoms. The Hall–Kier alpha value is -4.06. The zero-order valence-corrected chi connectivity index (χ0v) is 22.9. The first-order valence-electron chi connectivity index (χ1n) is 13.0. The number of phenols is 1. The van der Waals surface area contributed by atoms with Crippen LogP contribution in [0.4, 0.5) is 18.9 Å². The summed E-state index contributed by atoms with van der Waals surface area (Å²) in [6.45, 7) is 2.13. The molecule has 0 spiro atoms. The van der Waals surface area contributed by atoms with E-state index in [4.69, 9.17) is 0 Å². The number of aryl methyl sites for hydroxylation is 1. The van der Waals surface area contributed by atoms with Crippen LogP contribution in [0.15, 0.2) is 72.8 Å². The van der Waals surface area contributed by atoms with Crippen molar-refractivity contribution in [2.24, 2.45) is 0 Å². The van der Waals surface area contributed by atoms with Gasteiger partial charge >= 0.3 is 6.18 Å². The Morgan fingerprint density at radius 2 is 1.59 bits per heavy atom. The van der Waals surface area contributed by atoms with Gasteiger partial charge in [-0.05, 0) is 59.5 Å². The highest BCUT2D eigenvalue weighted by Crippen LogP contribution is 2.28. The predicted molar refractivity (Wildman–Crippen MR) is 149 cm³/mol. The largest absolute Gasteiger partial charge is 0.508 e. The third kappa shape index (κ3) is 8.46. The second kappa shape index (κ2) is 12.6. The van der Waals surface area contributed by atoms with E-state index >= 15 is 0 Å². The first kappa shape index (κ1) is 29.9. The Kier molecular flexibility index (Phi) is 9.21. The molecule has 0 atom stereocenters. The van der Waals surface area contributed by atoms with Gasteiger partial charge in [-0.2, -0.15) is 13.2 Å². The first-order valence-corrected chi connectivity index (χ1v) is 14.7. The summed E-state index contributed by atoms with van der Waals surface area (Å²) in [4.78, 5) is 29.0. The van der Waals surface area contributed by atoms with Gasteiger partial charge in [0.1, 0.15) is 5.75 Å². The van der Waals surface area contributed by atoms with E-state index in [0.717, 1.165) is 22.4 Å². The lowest BCUT2D eigenvalue weighted by molar-refractivity contribution is -0.131. The summed E-state index contributed by atoms with van der Waals surface area (Å²) in [5, 5.41) is 9.84. The molecule has 0 aromatic heterocycles. The molecule has 4 rings (SSSR count). The highest BCUT2D eigenvalue weighted by Gasteiger charge is 2.30. The molecule has 8 nitrogen and oxygen atoms in total. The maximum Gasteiger partial charge on any atom is 0.390 e. The molecule has 0 unspecified atom stereocenters. The summed E-state index contributed by atoms with van der Waals surface area (Å²) < 4.78 is 62.2. The van der Waals surface area contributed by atoms with Gasteiger partial charge in [-0.3, -0.25) is 9.59 Å². The van der Waals surface area contributed by atoms with Crippen molar-refractivity contribution in [1.29, 1.82) is 0 Å². The lowest BCUT2D eigenvalue weighted by atomic mass is 9.96. The summed E-state index contributed by atoms with van der Waals surface area (Å²) in [5.74, 6) is -2.02. The van der Waals surface area contributed by atoms with Crippen LogP contribution in [0.2, 0.25) is 0 Å². The van der Waals surface area contributed by atoms with E-state index in [9.17, 15) is 36.3 Å². The second-order valence-corrected chi connectivity index (χ2v) is 11.6. The molecule has 1 saturated heterocycles. The number of aromatic hydroxyl groups is 1. The van der Waals surface area contributed by atoms with Gasteiger partial charge in [0.15, 0.2) is 0 Å². The van der Waals surface area contributed by atoms with Crippen molar-refractivity contribution in [3.63, 3.8) is 0 Å². The number of phenolic OH excluding ortho intramolecular Hbond substituents is 1. The van der Waals surface area contributed by atoms with Crippen molar-refractivity contribution in [1.82, 2.24) is 9.62 Å². The average molecular weight is 590 g/mol. The van der Waals surface area contributed by atoms with Gasteiger partial charge in [-0.25, -0.2) is 13.1 Å². The van der Waals surface area contributed by atoms with Crippen molar-refractivity contribution in [3.8, 4) is 16.9 Å². The summed E-state index contributed by atoms with van der Waals surface area (Å²) in [7, 11) is -4.43. The minimum absolute atomic E-state index is 0.00384. The van der Waals surface area contributed by atoms with Crippen molar-refractivity contribution in [3.05, 3.63) is 83.9 Å². The topological polar surface area (TPSA) is 107 Å². The third-order valence-electron chi connectivity index (χ3n) is 6.81. The van der Waals surface area contributed by atoms with Crippen LogP contribution in [0.25, 0.3) is 11.1 Å². The molecule has 2 amide bonds. The zero-order valence-electron chi connectivity index (χ0n) is 22.1. The number of hydrogen-bond acceptors (Lipinski definition) is 6. The number of piperazine rings is 1. The van der Waals surface area contributed by atoms with E-state index < -0.39 is 34.3 Å². The lowest BCUT2D eigenvalue weighted by Gasteiger charge is -2.36. The van der Waals surface area contributed by atoms with Crippen LogP contribution in [0.3, 0.4) is 0 Å². The van der Waals surface area contributed by atoms with Gasteiger partial charge in [-0.1, -0.05) is 36.4 Å². The number of benzene rings is 3. The van der Waals surface area contributed by atoms with Gasteiger partial charge < -0.3 is 14.9 Å². The maximum absolute atomic E-state index is 13.0. The highest BCUT2D eigenvalue weighted by molar-refractivity contribution is 7.90. The summed E-state index contributed by atoms with van der Waals surface area (Å²) in [6, 6.07) is 20.9. The summed E-state index contributed by atoms with van der Waals surface area (Å²) >= 11 is 0. The molecule has 0 aliphatic carbocycles.